The zero-order valence-corrected chi connectivity index (χ0v) is 41.1. The molecule has 0 aliphatic rings. The number of esters is 1. The van der Waals surface area contributed by atoms with Gasteiger partial charge in [0.2, 0.25) is 11.8 Å². The van der Waals surface area contributed by atoms with E-state index in [-0.39, 0.29) is 24.5 Å². The monoisotopic (exact) mass is 889 g/mol. The molecule has 2 amide bonds. The van der Waals surface area contributed by atoms with E-state index in [4.69, 9.17) is 14.9 Å². The van der Waals surface area contributed by atoms with Crippen LogP contribution in [0.15, 0.2) is 24.3 Å². The van der Waals surface area contributed by atoms with Crippen LogP contribution in [0.25, 0.3) is 0 Å². The Morgan fingerprint density at radius 1 is 0.476 bits per heavy atom. The van der Waals surface area contributed by atoms with Crippen LogP contribution in [0.1, 0.15) is 271 Å². The van der Waals surface area contributed by atoms with Gasteiger partial charge >= 0.3 is 11.9 Å². The summed E-state index contributed by atoms with van der Waals surface area (Å²) in [6.45, 7) is 3.51. The number of aliphatic hydroxyl groups is 1. The van der Waals surface area contributed by atoms with Gasteiger partial charge in [-0.1, -0.05) is 212 Å². The van der Waals surface area contributed by atoms with Crippen molar-refractivity contribution in [3.63, 3.8) is 0 Å². The van der Waals surface area contributed by atoms with Crippen LogP contribution in [0, 0.1) is 0 Å². The summed E-state index contributed by atoms with van der Waals surface area (Å²) < 4.78 is 6.08. The largest absolute Gasteiger partial charge is 0.480 e. The molecule has 0 aromatic heterocycles. The van der Waals surface area contributed by atoms with Crippen LogP contribution in [0.5, 0.6) is 0 Å². The molecule has 9 heteroatoms. The van der Waals surface area contributed by atoms with Gasteiger partial charge in [0.15, 0.2) is 0 Å². The minimum atomic E-state index is -1.38. The van der Waals surface area contributed by atoms with Crippen LogP contribution in [-0.2, 0) is 23.9 Å². The van der Waals surface area contributed by atoms with Crippen LogP contribution in [0.2, 0.25) is 0 Å². The van der Waals surface area contributed by atoms with Crippen molar-refractivity contribution in [3.05, 3.63) is 24.3 Å². The molecule has 2 unspecified atom stereocenters. The molecular formula is C54H100N2O7. The number of carboxylic acids is 1. The topological polar surface area (TPSA) is 142 Å². The molecule has 4 N–H and O–H groups in total. The van der Waals surface area contributed by atoms with Crippen LogP contribution in [-0.4, -0.2) is 59.3 Å². The number of aliphatic carboxylic acids is 1. The molecule has 0 saturated heterocycles. The molecule has 0 aromatic rings. The van der Waals surface area contributed by atoms with Crippen LogP contribution in [0.3, 0.4) is 0 Å². The fourth-order valence-corrected chi connectivity index (χ4v) is 8.10. The third-order valence-corrected chi connectivity index (χ3v) is 12.2. The predicted molar refractivity (Wildman–Crippen MR) is 264 cm³/mol. The number of carbonyl (C=O) groups excluding carboxylic acids is 3. The first-order valence-electron chi connectivity index (χ1n) is 26.7. The molecule has 2 atom stereocenters. The van der Waals surface area contributed by atoms with Gasteiger partial charge in [0, 0.05) is 12.8 Å². The van der Waals surface area contributed by atoms with E-state index in [9.17, 15) is 19.2 Å². The lowest BCUT2D eigenvalue weighted by Gasteiger charge is -2.18. The van der Waals surface area contributed by atoms with Crippen LogP contribution >= 0.6 is 0 Å². The van der Waals surface area contributed by atoms with E-state index in [1.807, 2.05) is 0 Å². The first-order valence-corrected chi connectivity index (χ1v) is 26.7. The number of aliphatic hydroxyl groups excluding tert-OH is 1. The normalized spacial score (nSPS) is 12.6. The molecule has 0 bridgehead atoms. The second-order valence-electron chi connectivity index (χ2n) is 18.3. The van der Waals surface area contributed by atoms with E-state index in [1.54, 1.807) is 0 Å². The average molecular weight is 889 g/mol. The van der Waals surface area contributed by atoms with Gasteiger partial charge in [0.1, 0.15) is 12.1 Å². The molecule has 0 fully saturated rings. The zero-order chi connectivity index (χ0) is 46.1. The Bertz CT molecular complexity index is 1110. The van der Waals surface area contributed by atoms with Gasteiger partial charge in [0.25, 0.3) is 0 Å². The minimum absolute atomic E-state index is 0.0134. The summed E-state index contributed by atoms with van der Waals surface area (Å²) in [6.07, 6.45) is 56.4. The smallest absolute Gasteiger partial charge is 0.328 e. The summed E-state index contributed by atoms with van der Waals surface area (Å²) in [5.74, 6) is -2.27. The molecule has 63 heavy (non-hydrogen) atoms. The van der Waals surface area contributed by atoms with Gasteiger partial charge in [-0.2, -0.15) is 0 Å². The first kappa shape index (κ1) is 60.3. The third-order valence-electron chi connectivity index (χ3n) is 12.2. The maximum absolute atomic E-state index is 12.9. The fourth-order valence-electron chi connectivity index (χ4n) is 8.10. The van der Waals surface area contributed by atoms with Crippen molar-refractivity contribution in [1.29, 1.82) is 0 Å². The molecule has 0 aromatic carbocycles. The van der Waals surface area contributed by atoms with Gasteiger partial charge in [-0.15, -0.1) is 0 Å². The minimum Gasteiger partial charge on any atom is -0.480 e. The van der Waals surface area contributed by atoms with Crippen molar-refractivity contribution in [2.75, 3.05) is 13.2 Å². The molecule has 368 valence electrons. The predicted octanol–water partition coefficient (Wildman–Crippen LogP) is 14.3. The van der Waals surface area contributed by atoms with Gasteiger partial charge < -0.3 is 25.6 Å². The lowest BCUT2D eigenvalue weighted by Crippen LogP contribution is -2.47. The number of carbonyl (C=O) groups is 4. The second-order valence-corrected chi connectivity index (χ2v) is 18.3. The Balaban J connectivity index is 4.25. The summed E-state index contributed by atoms with van der Waals surface area (Å²) in [4.78, 5) is 47.8. The quantitative estimate of drug-likeness (QED) is 0.0271. The number of carboxylic acid groups (broad SMARTS) is 1. The van der Waals surface area contributed by atoms with Crippen molar-refractivity contribution in [2.24, 2.45) is 0 Å². The number of ether oxygens (including phenoxy) is 1. The van der Waals surface area contributed by atoms with Gasteiger partial charge in [0.05, 0.1) is 13.2 Å². The fraction of sp³-hybridized carbons (Fsp3) is 0.852. The Kier molecular flexibility index (Phi) is 46.7. The van der Waals surface area contributed by atoms with E-state index >= 15 is 0 Å². The van der Waals surface area contributed by atoms with Crippen LogP contribution in [0.4, 0.5) is 0 Å². The highest BCUT2D eigenvalue weighted by Crippen LogP contribution is 2.20. The Morgan fingerprint density at radius 2 is 0.857 bits per heavy atom. The van der Waals surface area contributed by atoms with E-state index in [0.29, 0.717) is 19.3 Å². The van der Waals surface area contributed by atoms with Crippen LogP contribution < -0.4 is 10.6 Å². The van der Waals surface area contributed by atoms with Gasteiger partial charge in [-0.3, -0.25) is 14.4 Å². The zero-order valence-electron chi connectivity index (χ0n) is 41.1. The van der Waals surface area contributed by atoms with E-state index < -0.39 is 24.5 Å². The molecule has 0 spiro atoms. The summed E-state index contributed by atoms with van der Waals surface area (Å²) >= 11 is 0. The number of hydrogen-bond donors (Lipinski definition) is 4. The number of allylic oxidation sites excluding steroid dienone is 4. The highest BCUT2D eigenvalue weighted by atomic mass is 16.5. The Labute approximate surface area is 387 Å². The van der Waals surface area contributed by atoms with Gasteiger partial charge in [-0.25, -0.2) is 4.79 Å². The van der Waals surface area contributed by atoms with Crippen molar-refractivity contribution >= 4 is 23.8 Å². The maximum atomic E-state index is 12.9. The van der Waals surface area contributed by atoms with E-state index in [0.717, 1.165) is 64.2 Å². The molecule has 0 aliphatic heterocycles. The summed E-state index contributed by atoms with van der Waals surface area (Å²) in [5, 5.41) is 22.6. The van der Waals surface area contributed by atoms with Crippen molar-refractivity contribution in [1.82, 2.24) is 10.6 Å². The standard InChI is InChI=1S/C54H100N2O7/c1-3-5-7-9-11-13-15-17-19-20-21-22-23-24-25-27-29-31-33-38-42-46-53(60)63-49(43-39-35-32-30-28-26-18-16-14-12-10-8-6-4-2)44-40-36-34-37-41-45-51(58)55-47-52(59)56-50(48-57)54(61)62/h15,17,20-21,49-50,57H,3-14,16,18-19,22-48H2,1-2H3,(H,55,58)(H,56,59)(H,61,62)/b17-15-,21-20-. The second kappa shape index (κ2) is 48.8. The molecule has 0 aliphatic carbocycles. The maximum Gasteiger partial charge on any atom is 0.328 e. The SMILES string of the molecule is CCCCCCC/C=C\C/C=C\CCCCCCCCCCCC(=O)OC(CCCCCCCCCCCCCCCC)CCCCCCCC(=O)NCC(=O)NC(CO)C(=O)O. The molecule has 0 rings (SSSR count). The number of hydrogen-bond acceptors (Lipinski definition) is 6. The molecule has 0 heterocycles. The van der Waals surface area contributed by atoms with E-state index in [1.165, 1.54) is 173 Å². The molecular weight excluding hydrogens is 789 g/mol. The Hall–Kier alpha value is -2.68. The Morgan fingerprint density at radius 3 is 1.27 bits per heavy atom. The summed E-state index contributed by atoms with van der Waals surface area (Å²) in [5.41, 5.74) is 0. The highest BCUT2D eigenvalue weighted by molar-refractivity contribution is 5.87. The third kappa shape index (κ3) is 45.7. The van der Waals surface area contributed by atoms with E-state index in [2.05, 4.69) is 48.8 Å². The molecule has 0 saturated carbocycles. The first-order chi connectivity index (χ1) is 30.8. The van der Waals surface area contributed by atoms with Crippen molar-refractivity contribution in [3.8, 4) is 0 Å². The number of unbranched alkanes of at least 4 members (excludes halogenated alkanes) is 31. The number of rotatable bonds is 49. The highest BCUT2D eigenvalue weighted by Gasteiger charge is 2.19. The summed E-state index contributed by atoms with van der Waals surface area (Å²) in [7, 11) is 0. The van der Waals surface area contributed by atoms with Crippen molar-refractivity contribution < 1.29 is 34.1 Å². The lowest BCUT2D eigenvalue weighted by molar-refractivity contribution is -0.150. The molecule has 0 radical (unpaired) electrons. The number of nitrogens with one attached hydrogen (secondary N) is 2. The lowest BCUT2D eigenvalue weighted by atomic mass is 10.0. The van der Waals surface area contributed by atoms with Gasteiger partial charge in [-0.05, 0) is 70.6 Å². The van der Waals surface area contributed by atoms with Crippen molar-refractivity contribution in [2.45, 2.75) is 283 Å². The molecule has 9 nitrogen and oxygen atoms in total. The number of amides is 2. The average Bonchev–Trinajstić information content (AvgIpc) is 3.27. The summed E-state index contributed by atoms with van der Waals surface area (Å²) in [6, 6.07) is -1.38.